The van der Waals surface area contributed by atoms with E-state index in [1.165, 1.54) is 19.4 Å². The Bertz CT molecular complexity index is 191. The topological polar surface area (TPSA) is 24.5 Å². The third-order valence-electron chi connectivity index (χ3n) is 3.74. The van der Waals surface area contributed by atoms with Gasteiger partial charge in [-0.05, 0) is 38.3 Å². The molecule has 1 saturated heterocycles. The summed E-state index contributed by atoms with van der Waals surface area (Å²) in [6.07, 6.45) is 2.56. The number of nitrogens with zero attached hydrogens (tertiary/aromatic N) is 1. The van der Waals surface area contributed by atoms with Gasteiger partial charge >= 0.3 is 0 Å². The molecule has 1 rings (SSSR count). The predicted octanol–water partition coefficient (Wildman–Crippen LogP) is 1.98. The molecular formula is C14H30N2O. The molecule has 0 aliphatic carbocycles. The first-order chi connectivity index (χ1) is 8.15. The van der Waals surface area contributed by atoms with Crippen LogP contribution < -0.4 is 5.32 Å². The molecule has 1 aliphatic rings. The van der Waals surface area contributed by atoms with Gasteiger partial charge in [-0.15, -0.1) is 0 Å². The molecule has 3 heteroatoms. The van der Waals surface area contributed by atoms with E-state index >= 15 is 0 Å². The quantitative estimate of drug-likeness (QED) is 0.739. The van der Waals surface area contributed by atoms with E-state index in [0.29, 0.717) is 12.0 Å². The Morgan fingerprint density at radius 2 is 2.18 bits per heavy atom. The molecule has 102 valence electrons. The maximum Gasteiger partial charge on any atom is 0.0506 e. The van der Waals surface area contributed by atoms with Crippen LogP contribution in [0.3, 0.4) is 0 Å². The molecule has 0 aromatic heterocycles. The molecule has 0 saturated carbocycles. The number of likely N-dealkylation sites (N-methyl/N-ethyl adjacent to an activating group) is 2. The van der Waals surface area contributed by atoms with Crippen molar-refractivity contribution in [3.8, 4) is 0 Å². The van der Waals surface area contributed by atoms with Crippen molar-refractivity contribution < 1.29 is 4.74 Å². The van der Waals surface area contributed by atoms with Gasteiger partial charge in [0.05, 0.1) is 6.61 Å². The van der Waals surface area contributed by atoms with Crippen molar-refractivity contribution in [2.24, 2.45) is 11.8 Å². The summed E-state index contributed by atoms with van der Waals surface area (Å²) in [5, 5.41) is 3.47. The summed E-state index contributed by atoms with van der Waals surface area (Å²) in [5.41, 5.74) is 0. The van der Waals surface area contributed by atoms with Gasteiger partial charge in [0.2, 0.25) is 0 Å². The third kappa shape index (κ3) is 5.36. The van der Waals surface area contributed by atoms with Gasteiger partial charge in [-0.1, -0.05) is 20.8 Å². The van der Waals surface area contributed by atoms with Gasteiger partial charge in [-0.3, -0.25) is 0 Å². The molecule has 1 heterocycles. The molecule has 1 fully saturated rings. The molecule has 2 unspecified atom stereocenters. The summed E-state index contributed by atoms with van der Waals surface area (Å²) in [7, 11) is 2.26. The van der Waals surface area contributed by atoms with Crippen molar-refractivity contribution in [3.63, 3.8) is 0 Å². The maximum atomic E-state index is 5.56. The van der Waals surface area contributed by atoms with E-state index in [4.69, 9.17) is 4.74 Å². The minimum absolute atomic E-state index is 0.636. The largest absolute Gasteiger partial charge is 0.381 e. The van der Waals surface area contributed by atoms with E-state index in [1.807, 2.05) is 0 Å². The van der Waals surface area contributed by atoms with E-state index in [0.717, 1.165) is 32.2 Å². The molecule has 2 atom stereocenters. The Morgan fingerprint density at radius 3 is 2.71 bits per heavy atom. The van der Waals surface area contributed by atoms with Crippen molar-refractivity contribution in [1.82, 2.24) is 10.2 Å². The fraction of sp³-hybridized carbons (Fsp3) is 1.00. The second-order valence-electron chi connectivity index (χ2n) is 5.64. The van der Waals surface area contributed by atoms with Gasteiger partial charge in [0, 0.05) is 25.7 Å². The lowest BCUT2D eigenvalue weighted by Gasteiger charge is -2.35. The number of nitrogens with one attached hydrogen (secondary N) is 1. The van der Waals surface area contributed by atoms with E-state index in [2.05, 4.69) is 38.0 Å². The number of rotatable bonds is 7. The Hall–Kier alpha value is -0.120. The van der Waals surface area contributed by atoms with E-state index in [9.17, 15) is 0 Å². The number of hydrogen-bond acceptors (Lipinski definition) is 3. The summed E-state index contributed by atoms with van der Waals surface area (Å²) in [6.45, 7) is 12.1. The van der Waals surface area contributed by atoms with Gasteiger partial charge in [-0.2, -0.15) is 0 Å². The van der Waals surface area contributed by atoms with Gasteiger partial charge < -0.3 is 15.0 Å². The molecule has 0 aromatic rings. The molecular weight excluding hydrogens is 212 g/mol. The predicted molar refractivity (Wildman–Crippen MR) is 73.3 cm³/mol. The highest BCUT2D eigenvalue weighted by Gasteiger charge is 2.22. The zero-order valence-electron chi connectivity index (χ0n) is 12.0. The van der Waals surface area contributed by atoms with Crippen molar-refractivity contribution in [1.29, 1.82) is 0 Å². The Morgan fingerprint density at radius 1 is 1.41 bits per heavy atom. The summed E-state index contributed by atoms with van der Waals surface area (Å²) in [5.74, 6) is 1.43. The van der Waals surface area contributed by atoms with Crippen LogP contribution in [0.1, 0.15) is 33.6 Å². The number of hydrogen-bond donors (Lipinski definition) is 1. The smallest absolute Gasteiger partial charge is 0.0506 e. The average Bonchev–Trinajstić information content (AvgIpc) is 2.30. The van der Waals surface area contributed by atoms with Crippen LogP contribution in [-0.2, 0) is 4.74 Å². The van der Waals surface area contributed by atoms with Gasteiger partial charge in [0.25, 0.3) is 0 Å². The summed E-state index contributed by atoms with van der Waals surface area (Å²) in [6, 6.07) is 0.636. The molecule has 0 bridgehead atoms. The average molecular weight is 242 g/mol. The summed E-state index contributed by atoms with van der Waals surface area (Å²) < 4.78 is 5.56. The minimum Gasteiger partial charge on any atom is -0.381 e. The van der Waals surface area contributed by atoms with Crippen LogP contribution in [0.2, 0.25) is 0 Å². The van der Waals surface area contributed by atoms with Gasteiger partial charge in [0.1, 0.15) is 0 Å². The Kier molecular flexibility index (Phi) is 7.09. The zero-order chi connectivity index (χ0) is 12.7. The second-order valence-corrected chi connectivity index (χ2v) is 5.64. The SMILES string of the molecule is CCNCC(C(C)C)N(C)CC1CCCOC1. The van der Waals surface area contributed by atoms with Crippen molar-refractivity contribution in [3.05, 3.63) is 0 Å². The first kappa shape index (κ1) is 14.9. The standard InChI is InChI=1S/C14H30N2O/c1-5-15-9-14(12(2)3)16(4)10-13-7-6-8-17-11-13/h12-15H,5-11H2,1-4H3. The minimum atomic E-state index is 0.636. The Labute approximate surface area is 107 Å². The monoisotopic (exact) mass is 242 g/mol. The van der Waals surface area contributed by atoms with Crippen molar-refractivity contribution in [2.45, 2.75) is 39.7 Å². The van der Waals surface area contributed by atoms with Crippen LogP contribution in [0.4, 0.5) is 0 Å². The van der Waals surface area contributed by atoms with Crippen molar-refractivity contribution >= 4 is 0 Å². The normalized spacial score (nSPS) is 23.3. The lowest BCUT2D eigenvalue weighted by atomic mass is 9.98. The van der Waals surface area contributed by atoms with Crippen LogP contribution in [0.15, 0.2) is 0 Å². The first-order valence-corrected chi connectivity index (χ1v) is 7.13. The fourth-order valence-corrected chi connectivity index (χ4v) is 2.69. The van der Waals surface area contributed by atoms with E-state index in [-0.39, 0.29) is 0 Å². The first-order valence-electron chi connectivity index (χ1n) is 7.13. The molecule has 0 aromatic carbocycles. The highest BCUT2D eigenvalue weighted by Crippen LogP contribution is 2.17. The molecule has 1 aliphatic heterocycles. The van der Waals surface area contributed by atoms with Gasteiger partial charge in [-0.25, -0.2) is 0 Å². The van der Waals surface area contributed by atoms with E-state index in [1.54, 1.807) is 0 Å². The summed E-state index contributed by atoms with van der Waals surface area (Å²) >= 11 is 0. The molecule has 17 heavy (non-hydrogen) atoms. The van der Waals surface area contributed by atoms with Crippen LogP contribution in [0, 0.1) is 11.8 Å². The fourth-order valence-electron chi connectivity index (χ4n) is 2.69. The molecule has 1 N–H and O–H groups in total. The lowest BCUT2D eigenvalue weighted by Crippen LogP contribution is -2.46. The molecule has 0 amide bonds. The second kappa shape index (κ2) is 8.06. The molecule has 0 spiro atoms. The third-order valence-corrected chi connectivity index (χ3v) is 3.74. The lowest BCUT2D eigenvalue weighted by molar-refractivity contribution is 0.0324. The van der Waals surface area contributed by atoms with Crippen LogP contribution >= 0.6 is 0 Å². The molecule has 0 radical (unpaired) electrons. The van der Waals surface area contributed by atoms with Crippen LogP contribution in [-0.4, -0.2) is 50.8 Å². The van der Waals surface area contributed by atoms with Crippen LogP contribution in [0.5, 0.6) is 0 Å². The zero-order valence-corrected chi connectivity index (χ0v) is 12.0. The van der Waals surface area contributed by atoms with Crippen molar-refractivity contribution in [2.75, 3.05) is 39.9 Å². The summed E-state index contributed by atoms with van der Waals surface area (Å²) in [4.78, 5) is 2.52. The molecule has 3 nitrogen and oxygen atoms in total. The highest BCUT2D eigenvalue weighted by atomic mass is 16.5. The highest BCUT2D eigenvalue weighted by molar-refractivity contribution is 4.77. The maximum absolute atomic E-state index is 5.56. The van der Waals surface area contributed by atoms with E-state index < -0.39 is 0 Å². The Balaban J connectivity index is 2.37. The van der Waals surface area contributed by atoms with Gasteiger partial charge in [0.15, 0.2) is 0 Å². The van der Waals surface area contributed by atoms with Crippen LogP contribution in [0.25, 0.3) is 0 Å². The number of ether oxygens (including phenoxy) is 1.